The van der Waals surface area contributed by atoms with E-state index in [1.807, 2.05) is 37.4 Å². The Balaban J connectivity index is 2.20. The molecule has 0 atom stereocenters. The summed E-state index contributed by atoms with van der Waals surface area (Å²) in [6, 6.07) is 16.3. The highest BCUT2D eigenvalue weighted by Crippen LogP contribution is 2.32. The van der Waals surface area contributed by atoms with Crippen molar-refractivity contribution in [3.63, 3.8) is 0 Å². The van der Waals surface area contributed by atoms with Gasteiger partial charge in [0.1, 0.15) is 0 Å². The van der Waals surface area contributed by atoms with Crippen molar-refractivity contribution in [2.75, 3.05) is 12.4 Å². The third kappa shape index (κ3) is 2.71. The molecule has 1 nitrogen and oxygen atoms in total. The molecule has 3 heteroatoms. The van der Waals surface area contributed by atoms with Crippen LogP contribution in [0.4, 0.5) is 5.69 Å². The van der Waals surface area contributed by atoms with Crippen LogP contribution in [-0.4, -0.2) is 7.05 Å². The molecular weight excluding hydrogens is 238 g/mol. The van der Waals surface area contributed by atoms with E-state index in [-0.39, 0.29) is 0 Å². The van der Waals surface area contributed by atoms with Crippen molar-refractivity contribution in [3.8, 4) is 0 Å². The molecule has 0 aliphatic rings. The van der Waals surface area contributed by atoms with E-state index >= 15 is 0 Å². The summed E-state index contributed by atoms with van der Waals surface area (Å²) in [4.78, 5) is 2.37. The molecular formula is C13H12ClNS. The van der Waals surface area contributed by atoms with Gasteiger partial charge in [0.2, 0.25) is 0 Å². The highest BCUT2D eigenvalue weighted by atomic mass is 35.5. The topological polar surface area (TPSA) is 12.0 Å². The molecule has 0 radical (unpaired) electrons. The van der Waals surface area contributed by atoms with Crippen LogP contribution in [0.1, 0.15) is 0 Å². The standard InChI is InChI=1S/C13H12ClNS/c1-15-13-8-7-11(9-12(13)14)16-10-5-3-2-4-6-10/h2-9,15H,1H3. The first-order valence-corrected chi connectivity index (χ1v) is 6.19. The van der Waals surface area contributed by atoms with E-state index in [1.165, 1.54) is 4.90 Å². The second kappa shape index (κ2) is 5.28. The van der Waals surface area contributed by atoms with Crippen LogP contribution in [0.5, 0.6) is 0 Å². The van der Waals surface area contributed by atoms with Crippen LogP contribution < -0.4 is 5.32 Å². The number of hydrogen-bond acceptors (Lipinski definition) is 2. The predicted octanol–water partition coefficient (Wildman–Crippen LogP) is 4.53. The molecule has 0 aromatic heterocycles. The van der Waals surface area contributed by atoms with Gasteiger partial charge in [0.25, 0.3) is 0 Å². The van der Waals surface area contributed by atoms with Crippen molar-refractivity contribution >= 4 is 29.1 Å². The summed E-state index contributed by atoms with van der Waals surface area (Å²) in [5, 5.41) is 3.80. The normalized spacial score (nSPS) is 10.1. The number of rotatable bonds is 3. The SMILES string of the molecule is CNc1ccc(Sc2ccccc2)cc1Cl. The lowest BCUT2D eigenvalue weighted by Gasteiger charge is -2.06. The zero-order valence-corrected chi connectivity index (χ0v) is 10.5. The van der Waals surface area contributed by atoms with E-state index in [0.717, 1.165) is 15.6 Å². The van der Waals surface area contributed by atoms with Gasteiger partial charge in [-0.15, -0.1) is 0 Å². The Morgan fingerprint density at radius 3 is 2.38 bits per heavy atom. The summed E-state index contributed by atoms with van der Waals surface area (Å²) in [6.07, 6.45) is 0. The molecule has 2 aromatic rings. The predicted molar refractivity (Wildman–Crippen MR) is 71.6 cm³/mol. The molecule has 0 bridgehead atoms. The third-order valence-corrected chi connectivity index (χ3v) is 3.50. The third-order valence-electron chi connectivity index (χ3n) is 2.19. The summed E-state index contributed by atoms with van der Waals surface area (Å²) in [5.74, 6) is 0. The molecule has 82 valence electrons. The molecule has 0 saturated carbocycles. The van der Waals surface area contributed by atoms with Crippen molar-refractivity contribution < 1.29 is 0 Å². The fraction of sp³-hybridized carbons (Fsp3) is 0.0769. The zero-order chi connectivity index (χ0) is 11.4. The van der Waals surface area contributed by atoms with Crippen LogP contribution in [0.15, 0.2) is 58.3 Å². The minimum Gasteiger partial charge on any atom is -0.387 e. The molecule has 0 aliphatic carbocycles. The van der Waals surface area contributed by atoms with Crippen LogP contribution in [0.3, 0.4) is 0 Å². The minimum atomic E-state index is 0.753. The summed E-state index contributed by atoms with van der Waals surface area (Å²) in [5.41, 5.74) is 0.957. The molecule has 2 aromatic carbocycles. The molecule has 0 amide bonds. The van der Waals surface area contributed by atoms with Gasteiger partial charge in [0.05, 0.1) is 10.7 Å². The lowest BCUT2D eigenvalue weighted by Crippen LogP contribution is -1.88. The van der Waals surface area contributed by atoms with Gasteiger partial charge >= 0.3 is 0 Å². The van der Waals surface area contributed by atoms with E-state index in [2.05, 4.69) is 23.5 Å². The van der Waals surface area contributed by atoms with Crippen molar-refractivity contribution in [2.45, 2.75) is 9.79 Å². The number of halogens is 1. The lowest BCUT2D eigenvalue weighted by molar-refractivity contribution is 1.39. The minimum absolute atomic E-state index is 0.753. The van der Waals surface area contributed by atoms with Crippen molar-refractivity contribution in [1.82, 2.24) is 0 Å². The maximum Gasteiger partial charge on any atom is 0.0648 e. The molecule has 0 aliphatic heterocycles. The van der Waals surface area contributed by atoms with Gasteiger partial charge < -0.3 is 5.32 Å². The van der Waals surface area contributed by atoms with Gasteiger partial charge in [-0.25, -0.2) is 0 Å². The van der Waals surface area contributed by atoms with Gasteiger partial charge in [0.15, 0.2) is 0 Å². The summed E-state index contributed by atoms with van der Waals surface area (Å²) < 4.78 is 0. The van der Waals surface area contributed by atoms with Gasteiger partial charge in [-0.1, -0.05) is 41.6 Å². The first-order chi connectivity index (χ1) is 7.79. The summed E-state index contributed by atoms with van der Waals surface area (Å²) in [7, 11) is 1.87. The van der Waals surface area contributed by atoms with Crippen molar-refractivity contribution in [2.24, 2.45) is 0 Å². The van der Waals surface area contributed by atoms with Crippen LogP contribution in [0.2, 0.25) is 5.02 Å². The fourth-order valence-electron chi connectivity index (χ4n) is 1.39. The van der Waals surface area contributed by atoms with Gasteiger partial charge in [0, 0.05) is 16.8 Å². The Kier molecular flexibility index (Phi) is 3.75. The van der Waals surface area contributed by atoms with E-state index in [0.29, 0.717) is 0 Å². The molecule has 0 fully saturated rings. The Hall–Kier alpha value is -1.12. The highest BCUT2D eigenvalue weighted by Gasteiger charge is 2.01. The summed E-state index contributed by atoms with van der Waals surface area (Å²) >= 11 is 7.83. The Labute approximate surface area is 105 Å². The quantitative estimate of drug-likeness (QED) is 0.858. The largest absolute Gasteiger partial charge is 0.387 e. The fourth-order valence-corrected chi connectivity index (χ4v) is 2.60. The number of hydrogen-bond donors (Lipinski definition) is 1. The van der Waals surface area contributed by atoms with E-state index < -0.39 is 0 Å². The Morgan fingerprint density at radius 2 is 1.75 bits per heavy atom. The second-order valence-electron chi connectivity index (χ2n) is 3.31. The maximum absolute atomic E-state index is 6.12. The molecule has 2 rings (SSSR count). The first-order valence-electron chi connectivity index (χ1n) is 5.00. The smallest absolute Gasteiger partial charge is 0.0648 e. The average molecular weight is 250 g/mol. The van der Waals surface area contributed by atoms with Crippen molar-refractivity contribution in [1.29, 1.82) is 0 Å². The highest BCUT2D eigenvalue weighted by molar-refractivity contribution is 7.99. The molecule has 0 saturated heterocycles. The number of benzene rings is 2. The van der Waals surface area contributed by atoms with Gasteiger partial charge in [-0.2, -0.15) is 0 Å². The average Bonchev–Trinajstić information content (AvgIpc) is 2.31. The summed E-state index contributed by atoms with van der Waals surface area (Å²) in [6.45, 7) is 0. The molecule has 0 unspecified atom stereocenters. The maximum atomic E-state index is 6.12. The lowest BCUT2D eigenvalue weighted by atomic mass is 10.3. The Bertz CT molecular complexity index is 471. The van der Waals surface area contributed by atoms with Crippen molar-refractivity contribution in [3.05, 3.63) is 53.6 Å². The van der Waals surface area contributed by atoms with E-state index in [1.54, 1.807) is 11.8 Å². The first kappa shape index (κ1) is 11.4. The van der Waals surface area contributed by atoms with Gasteiger partial charge in [-0.05, 0) is 30.3 Å². The van der Waals surface area contributed by atoms with Crippen LogP contribution in [0, 0.1) is 0 Å². The van der Waals surface area contributed by atoms with Gasteiger partial charge in [-0.3, -0.25) is 0 Å². The van der Waals surface area contributed by atoms with E-state index in [9.17, 15) is 0 Å². The molecule has 16 heavy (non-hydrogen) atoms. The van der Waals surface area contributed by atoms with Crippen LogP contribution in [-0.2, 0) is 0 Å². The molecule has 1 N–H and O–H groups in total. The second-order valence-corrected chi connectivity index (χ2v) is 4.86. The molecule has 0 heterocycles. The molecule has 0 spiro atoms. The zero-order valence-electron chi connectivity index (χ0n) is 8.91. The number of anilines is 1. The number of nitrogens with one attached hydrogen (secondary N) is 1. The van der Waals surface area contributed by atoms with Crippen LogP contribution >= 0.6 is 23.4 Å². The Morgan fingerprint density at radius 1 is 1.00 bits per heavy atom. The van der Waals surface area contributed by atoms with Crippen LogP contribution in [0.25, 0.3) is 0 Å². The van der Waals surface area contributed by atoms with E-state index in [4.69, 9.17) is 11.6 Å². The monoisotopic (exact) mass is 249 g/mol.